The van der Waals surface area contributed by atoms with Gasteiger partial charge in [0.15, 0.2) is 0 Å². The van der Waals surface area contributed by atoms with Crippen LogP contribution in [0.4, 0.5) is 0 Å². The van der Waals surface area contributed by atoms with Gasteiger partial charge in [-0.15, -0.1) is 0 Å². The molecule has 10 aromatic rings. The second kappa shape index (κ2) is 10.2. The highest BCUT2D eigenvalue weighted by atomic mass is 16.3. The largest absolute Gasteiger partial charge is 0.456 e. The Kier molecular flexibility index (Phi) is 2.31. The summed E-state index contributed by atoms with van der Waals surface area (Å²) in [4.78, 5) is 0. The smallest absolute Gasteiger partial charge is 0.136 e. The van der Waals surface area contributed by atoms with Gasteiger partial charge in [0.2, 0.25) is 0 Å². The van der Waals surface area contributed by atoms with Crippen molar-refractivity contribution < 1.29 is 42.8 Å². The first-order valence-electron chi connectivity index (χ1n) is 27.9. The van der Waals surface area contributed by atoms with Gasteiger partial charge in [-0.1, -0.05) is 151 Å². The monoisotopic (exact) mass is 624 g/mol. The Morgan fingerprint density at radius 1 is 0.340 bits per heavy atom. The summed E-state index contributed by atoms with van der Waals surface area (Å²) in [6, 6.07) is -26.6. The summed E-state index contributed by atoms with van der Waals surface area (Å²) in [5.74, 6) is 0. The molecule has 0 radical (unpaired) electrons. The fourth-order valence-corrected chi connectivity index (χ4v) is 5.92. The van der Waals surface area contributed by atoms with Gasteiger partial charge in [0.1, 0.15) is 11.2 Å². The van der Waals surface area contributed by atoms with Crippen molar-refractivity contribution in [1.82, 2.24) is 0 Å². The third-order valence-electron chi connectivity index (χ3n) is 7.82. The summed E-state index contributed by atoms with van der Waals surface area (Å²) in [5, 5.41) is -6.81. The van der Waals surface area contributed by atoms with Crippen LogP contribution in [0, 0.1) is 0 Å². The number of fused-ring (bicyclic) bond motifs is 8. The molecule has 0 bridgehead atoms. The molecule has 9 aromatic carbocycles. The second-order valence-electron chi connectivity index (χ2n) is 10.3. The summed E-state index contributed by atoms with van der Waals surface area (Å²) >= 11 is 0. The van der Waals surface area contributed by atoms with Crippen LogP contribution in [0.25, 0.3) is 98.4 Å². The zero-order valence-electron chi connectivity index (χ0n) is 51.4. The van der Waals surface area contributed by atoms with Crippen LogP contribution in [0.15, 0.2) is 174 Å². The highest BCUT2D eigenvalue weighted by Crippen LogP contribution is 2.49. The molecule has 0 fully saturated rings. The maximum Gasteiger partial charge on any atom is 0.136 e. The molecule has 1 nitrogen and oxygen atoms in total. The van der Waals surface area contributed by atoms with E-state index in [0.29, 0.717) is 0 Å². The van der Waals surface area contributed by atoms with Crippen molar-refractivity contribution in [3.05, 3.63) is 169 Å². The molecular weight excluding hydrogens is 569 g/mol. The number of furan rings is 1. The minimum atomic E-state index is -1.05. The van der Waals surface area contributed by atoms with Crippen LogP contribution >= 0.6 is 0 Å². The van der Waals surface area contributed by atoms with E-state index in [1.54, 1.807) is 0 Å². The van der Waals surface area contributed by atoms with Gasteiger partial charge in [0.05, 0.1) is 38.4 Å². The molecule has 0 aliphatic carbocycles. The first-order valence-corrected chi connectivity index (χ1v) is 13.9. The molecule has 0 aliphatic rings. The van der Waals surface area contributed by atoms with Crippen molar-refractivity contribution in [2.75, 3.05) is 0 Å². The number of para-hydroxylation sites is 1. The molecule has 0 saturated heterocycles. The molecule has 0 saturated carbocycles. The Bertz CT molecular complexity index is 4330. The average molecular weight is 625 g/mol. The standard InChI is InChI=1S/C46H28O/c1-2-13-29(14-3-1)31-27-41(46-40-21-10-11-24-42(40)47-43(46)28-31)45-38-19-8-6-17-36(38)44(37-18-7-9-20-39(37)45)35-23-12-22-33-32-16-5-4-15-30(32)25-26-34(33)35/h1-28H/i1D,2D,3D,4D,5D,6D,7D,8D,9D,10D,11D,12D,13D,14D,15D,16D,17D,18D,19D,20D,21D,22D,23D,24D,25D,26D,27D,28D. The lowest BCUT2D eigenvalue weighted by Crippen LogP contribution is -1.93. The molecule has 0 amide bonds. The van der Waals surface area contributed by atoms with Gasteiger partial charge in [-0.2, -0.15) is 0 Å². The minimum Gasteiger partial charge on any atom is -0.456 e. The molecule has 0 atom stereocenters. The normalized spacial score (nSPS) is 20.2. The number of hydrogen-bond acceptors (Lipinski definition) is 1. The highest BCUT2D eigenvalue weighted by Gasteiger charge is 2.22. The van der Waals surface area contributed by atoms with Gasteiger partial charge in [0.25, 0.3) is 0 Å². The molecular formula is C46H28O. The van der Waals surface area contributed by atoms with E-state index in [9.17, 15) is 11.0 Å². The predicted octanol–water partition coefficient (Wildman–Crippen LogP) is 13.2. The third kappa shape index (κ3) is 3.90. The molecule has 0 aliphatic heterocycles. The fourth-order valence-electron chi connectivity index (χ4n) is 5.92. The molecule has 0 spiro atoms. The quantitative estimate of drug-likeness (QED) is 0.141. The molecule has 47 heavy (non-hydrogen) atoms. The van der Waals surface area contributed by atoms with Crippen molar-refractivity contribution in [1.29, 1.82) is 0 Å². The van der Waals surface area contributed by atoms with Crippen LogP contribution < -0.4 is 0 Å². The molecule has 1 heteroatoms. The van der Waals surface area contributed by atoms with Crippen molar-refractivity contribution in [3.8, 4) is 33.4 Å². The first kappa shape index (κ1) is 10.7. The average Bonchev–Trinajstić information content (AvgIpc) is 3.85. The van der Waals surface area contributed by atoms with Crippen LogP contribution in [0.2, 0.25) is 0 Å². The topological polar surface area (TPSA) is 13.1 Å². The number of hydrogen-bond donors (Lipinski definition) is 0. The van der Waals surface area contributed by atoms with E-state index in [1.807, 2.05) is 0 Å². The molecule has 0 N–H and O–H groups in total. The van der Waals surface area contributed by atoms with Crippen LogP contribution in [0.5, 0.6) is 0 Å². The maximum atomic E-state index is 10.1. The van der Waals surface area contributed by atoms with E-state index >= 15 is 0 Å². The van der Waals surface area contributed by atoms with E-state index in [-0.39, 0.29) is 0 Å². The van der Waals surface area contributed by atoms with Crippen molar-refractivity contribution in [3.63, 3.8) is 0 Å². The Hall–Kier alpha value is -6.18. The Morgan fingerprint density at radius 2 is 0.915 bits per heavy atom. The summed E-state index contributed by atoms with van der Waals surface area (Å²) in [6.07, 6.45) is 0. The summed E-state index contributed by atoms with van der Waals surface area (Å²) in [7, 11) is 0. The van der Waals surface area contributed by atoms with Gasteiger partial charge in [-0.05, 0) is 94.6 Å². The van der Waals surface area contributed by atoms with Crippen LogP contribution in [0.3, 0.4) is 0 Å². The number of benzene rings is 9. The zero-order chi connectivity index (χ0) is 55.3. The van der Waals surface area contributed by atoms with Crippen LogP contribution in [-0.4, -0.2) is 0 Å². The van der Waals surface area contributed by atoms with Crippen LogP contribution in [-0.2, 0) is 0 Å². The third-order valence-corrected chi connectivity index (χ3v) is 7.82. The van der Waals surface area contributed by atoms with Crippen molar-refractivity contribution >= 4 is 65.0 Å². The van der Waals surface area contributed by atoms with Gasteiger partial charge in [-0.25, -0.2) is 0 Å². The zero-order valence-corrected chi connectivity index (χ0v) is 23.4. The van der Waals surface area contributed by atoms with Gasteiger partial charge in [-0.3, -0.25) is 0 Å². The van der Waals surface area contributed by atoms with Gasteiger partial charge in [0, 0.05) is 10.8 Å². The summed E-state index contributed by atoms with van der Waals surface area (Å²) < 4.78 is 260. The van der Waals surface area contributed by atoms with E-state index in [4.69, 9.17) is 31.8 Å². The summed E-state index contributed by atoms with van der Waals surface area (Å²) in [6.45, 7) is 0. The Morgan fingerprint density at radius 3 is 1.64 bits per heavy atom. The van der Waals surface area contributed by atoms with Gasteiger partial charge < -0.3 is 4.42 Å². The Balaban J connectivity index is 1.62. The summed E-state index contributed by atoms with van der Waals surface area (Å²) in [5.41, 5.74) is -6.15. The molecule has 0 unspecified atom stereocenters. The lowest BCUT2D eigenvalue weighted by atomic mass is 9.83. The molecule has 1 aromatic heterocycles. The maximum absolute atomic E-state index is 10.1. The van der Waals surface area contributed by atoms with Crippen LogP contribution in [0.1, 0.15) is 38.4 Å². The second-order valence-corrected chi connectivity index (χ2v) is 10.3. The molecule has 1 heterocycles. The lowest BCUT2D eigenvalue weighted by molar-refractivity contribution is 0.669. The predicted molar refractivity (Wildman–Crippen MR) is 200 cm³/mol. The van der Waals surface area contributed by atoms with Gasteiger partial charge >= 0.3 is 0 Å². The highest BCUT2D eigenvalue weighted by molar-refractivity contribution is 6.28. The molecule has 218 valence electrons. The van der Waals surface area contributed by atoms with E-state index in [1.165, 1.54) is 0 Å². The lowest BCUT2D eigenvalue weighted by Gasteiger charge is -2.20. The molecule has 10 rings (SSSR count). The first-order chi connectivity index (χ1) is 35.0. The minimum absolute atomic E-state index is 0.570. The van der Waals surface area contributed by atoms with Crippen molar-refractivity contribution in [2.24, 2.45) is 0 Å². The van der Waals surface area contributed by atoms with E-state index in [2.05, 4.69) is 0 Å². The van der Waals surface area contributed by atoms with E-state index < -0.39 is 268 Å². The fraction of sp³-hybridized carbons (Fsp3) is 0. The van der Waals surface area contributed by atoms with E-state index in [0.717, 1.165) is 0 Å². The Labute approximate surface area is 311 Å². The van der Waals surface area contributed by atoms with Crippen molar-refractivity contribution in [2.45, 2.75) is 0 Å². The SMILES string of the molecule is [2H]c1c([2H])c([2H])c(-c2c([2H])c(-c3c4c([2H])c([2H])c([2H])c([2H])c4c(-c4c([2H])c([2H])c([2H])c5c4c([2H])c([2H])c4c([2H])c([2H])c([2H])c([2H])c45)c4c([2H])c([2H])c([2H])c([2H])c34)c3c(oc4c([2H])c([2H])c([2H])c([2H])c43)c2[2H])c([2H])c1[2H]. The number of rotatable bonds is 3.